The molecule has 0 aliphatic heterocycles. The Labute approximate surface area is 110 Å². The van der Waals surface area contributed by atoms with Crippen molar-refractivity contribution in [3.05, 3.63) is 29.8 Å². The minimum absolute atomic E-state index is 0.0911. The summed E-state index contributed by atoms with van der Waals surface area (Å²) in [6.45, 7) is -1.04. The molecule has 1 atom stereocenters. The Kier molecular flexibility index (Phi) is 5.73. The van der Waals surface area contributed by atoms with Crippen molar-refractivity contribution in [1.82, 2.24) is 5.32 Å². The van der Waals surface area contributed by atoms with Crippen molar-refractivity contribution in [2.45, 2.75) is 32.4 Å². The van der Waals surface area contributed by atoms with Gasteiger partial charge in [-0.2, -0.15) is 14.0 Å². The van der Waals surface area contributed by atoms with Crippen LogP contribution in [0.1, 0.15) is 30.1 Å². The molecule has 0 aliphatic rings. The Morgan fingerprint density at radius 1 is 1.53 bits per heavy atom. The van der Waals surface area contributed by atoms with Gasteiger partial charge in [0.1, 0.15) is 11.8 Å². The maximum atomic E-state index is 12.1. The van der Waals surface area contributed by atoms with Crippen molar-refractivity contribution in [2.75, 3.05) is 0 Å². The van der Waals surface area contributed by atoms with Crippen molar-refractivity contribution in [3.8, 4) is 11.8 Å². The number of carbonyl (C=O) groups is 1. The average molecular weight is 268 g/mol. The molecule has 19 heavy (non-hydrogen) atoms. The molecule has 0 spiro atoms. The number of nitrogens with zero attached hydrogens (tertiary/aromatic N) is 1. The van der Waals surface area contributed by atoms with E-state index in [4.69, 9.17) is 5.26 Å². The van der Waals surface area contributed by atoms with Gasteiger partial charge in [0.2, 0.25) is 0 Å². The molecule has 1 aromatic rings. The lowest BCUT2D eigenvalue weighted by atomic mass is 10.1. The molecular formula is C13H14F2N2O2. The van der Waals surface area contributed by atoms with Crippen LogP contribution in [0.25, 0.3) is 0 Å². The van der Waals surface area contributed by atoms with E-state index in [1.165, 1.54) is 24.3 Å². The highest BCUT2D eigenvalue weighted by Crippen LogP contribution is 2.16. The Hall–Kier alpha value is -2.16. The normalized spacial score (nSPS) is 11.7. The number of alkyl halides is 2. The first-order chi connectivity index (χ1) is 9.06. The third kappa shape index (κ3) is 4.92. The highest BCUT2D eigenvalue weighted by molar-refractivity contribution is 5.94. The molecule has 0 saturated heterocycles. The molecule has 6 heteroatoms. The van der Waals surface area contributed by atoms with Crippen molar-refractivity contribution in [3.63, 3.8) is 0 Å². The summed E-state index contributed by atoms with van der Waals surface area (Å²) in [4.78, 5) is 11.8. The summed E-state index contributed by atoms with van der Waals surface area (Å²) >= 11 is 0. The van der Waals surface area contributed by atoms with Crippen molar-refractivity contribution in [2.24, 2.45) is 0 Å². The van der Waals surface area contributed by atoms with E-state index >= 15 is 0 Å². The maximum Gasteiger partial charge on any atom is 0.387 e. The molecule has 1 aromatic carbocycles. The lowest BCUT2D eigenvalue weighted by Crippen LogP contribution is -2.33. The number of ether oxygens (including phenoxy) is 1. The second kappa shape index (κ2) is 7.31. The van der Waals surface area contributed by atoms with E-state index in [0.29, 0.717) is 6.42 Å². The van der Waals surface area contributed by atoms with Crippen molar-refractivity contribution >= 4 is 5.91 Å². The molecule has 102 valence electrons. The van der Waals surface area contributed by atoms with Gasteiger partial charge < -0.3 is 10.1 Å². The van der Waals surface area contributed by atoms with Crippen LogP contribution >= 0.6 is 0 Å². The molecule has 0 aliphatic carbocycles. The first-order valence-corrected chi connectivity index (χ1v) is 5.82. The van der Waals surface area contributed by atoms with Gasteiger partial charge in [-0.3, -0.25) is 4.79 Å². The highest BCUT2D eigenvalue weighted by Gasteiger charge is 2.13. The van der Waals surface area contributed by atoms with E-state index in [1.54, 1.807) is 0 Å². The number of benzene rings is 1. The molecular weight excluding hydrogens is 254 g/mol. The lowest BCUT2D eigenvalue weighted by Gasteiger charge is -2.11. The predicted octanol–water partition coefficient (Wildman–Crippen LogP) is 2.71. The molecule has 0 saturated carbocycles. The predicted molar refractivity (Wildman–Crippen MR) is 64.8 cm³/mol. The zero-order valence-electron chi connectivity index (χ0n) is 10.4. The fraction of sp³-hybridized carbons (Fsp3) is 0.385. The van der Waals surface area contributed by atoms with Crippen LogP contribution in [0.2, 0.25) is 0 Å². The van der Waals surface area contributed by atoms with Crippen LogP contribution in [-0.2, 0) is 0 Å². The number of carbonyl (C=O) groups excluding carboxylic acids is 1. The fourth-order valence-corrected chi connectivity index (χ4v) is 1.51. The first-order valence-electron chi connectivity index (χ1n) is 5.82. The third-order valence-electron chi connectivity index (χ3n) is 2.36. The topological polar surface area (TPSA) is 62.1 Å². The van der Waals surface area contributed by atoms with E-state index in [2.05, 4.69) is 10.1 Å². The number of halogens is 2. The van der Waals surface area contributed by atoms with Crippen LogP contribution in [0.3, 0.4) is 0 Å². The summed E-state index contributed by atoms with van der Waals surface area (Å²) in [7, 11) is 0. The molecule has 1 unspecified atom stereocenters. The van der Waals surface area contributed by atoms with Gasteiger partial charge >= 0.3 is 6.61 Å². The van der Waals surface area contributed by atoms with Gasteiger partial charge in [-0.15, -0.1) is 0 Å². The maximum absolute atomic E-state index is 12.1. The quantitative estimate of drug-likeness (QED) is 0.862. The molecule has 1 N–H and O–H groups in total. The van der Waals surface area contributed by atoms with Gasteiger partial charge in [-0.1, -0.05) is 19.4 Å². The Morgan fingerprint density at radius 3 is 2.84 bits per heavy atom. The molecule has 1 amide bonds. The number of amides is 1. The number of nitrogens with one attached hydrogen (secondary N) is 1. The highest BCUT2D eigenvalue weighted by atomic mass is 19.3. The minimum Gasteiger partial charge on any atom is -0.435 e. The van der Waals surface area contributed by atoms with Crippen LogP contribution in [-0.4, -0.2) is 18.6 Å². The van der Waals surface area contributed by atoms with Crippen LogP contribution in [0.15, 0.2) is 24.3 Å². The van der Waals surface area contributed by atoms with Crippen molar-refractivity contribution < 1.29 is 18.3 Å². The Balaban J connectivity index is 2.74. The summed E-state index contributed by atoms with van der Waals surface area (Å²) in [5.74, 6) is -0.577. The molecule has 0 heterocycles. The first kappa shape index (κ1) is 14.9. The second-order valence-electron chi connectivity index (χ2n) is 3.85. The van der Waals surface area contributed by atoms with Gasteiger partial charge in [-0.25, -0.2) is 0 Å². The average Bonchev–Trinajstić information content (AvgIpc) is 2.37. The summed E-state index contributed by atoms with van der Waals surface area (Å²) in [6, 6.07) is 6.83. The zero-order valence-corrected chi connectivity index (χ0v) is 10.4. The lowest BCUT2D eigenvalue weighted by molar-refractivity contribution is -0.0498. The molecule has 1 rings (SSSR count). The van der Waals surface area contributed by atoms with Gasteiger partial charge in [0.15, 0.2) is 0 Å². The monoisotopic (exact) mass is 268 g/mol. The Morgan fingerprint density at radius 2 is 2.26 bits per heavy atom. The van der Waals surface area contributed by atoms with E-state index in [1.807, 2.05) is 13.0 Å². The number of hydrogen-bond acceptors (Lipinski definition) is 3. The zero-order chi connectivity index (χ0) is 14.3. The molecule has 0 radical (unpaired) electrons. The summed E-state index contributed by atoms with van der Waals surface area (Å²) in [6.07, 6.45) is 1.29. The van der Waals surface area contributed by atoms with E-state index < -0.39 is 18.6 Å². The molecule has 4 nitrogen and oxygen atoms in total. The standard InChI is InChI=1S/C13H14F2N2O2/c1-2-4-10(8-16)17-12(18)9-5-3-6-11(7-9)19-13(14)15/h3,5-7,10,13H,2,4H2,1H3,(H,17,18). The summed E-state index contributed by atoms with van der Waals surface area (Å²) in [5.41, 5.74) is 0.175. The number of rotatable bonds is 6. The van der Waals surface area contributed by atoms with Gasteiger partial charge in [-0.05, 0) is 24.6 Å². The molecule has 0 bridgehead atoms. The third-order valence-corrected chi connectivity index (χ3v) is 2.36. The number of nitriles is 1. The Bertz CT molecular complexity index is 472. The van der Waals surface area contributed by atoms with E-state index in [0.717, 1.165) is 6.42 Å². The van der Waals surface area contributed by atoms with Crippen LogP contribution in [0.4, 0.5) is 8.78 Å². The smallest absolute Gasteiger partial charge is 0.387 e. The second-order valence-corrected chi connectivity index (χ2v) is 3.85. The summed E-state index contributed by atoms with van der Waals surface area (Å²) < 4.78 is 28.3. The van der Waals surface area contributed by atoms with Gasteiger partial charge in [0, 0.05) is 5.56 Å². The van der Waals surface area contributed by atoms with Crippen LogP contribution < -0.4 is 10.1 Å². The van der Waals surface area contributed by atoms with E-state index in [9.17, 15) is 13.6 Å². The fourth-order valence-electron chi connectivity index (χ4n) is 1.51. The van der Waals surface area contributed by atoms with Gasteiger partial charge in [0.05, 0.1) is 6.07 Å². The van der Waals surface area contributed by atoms with Gasteiger partial charge in [0.25, 0.3) is 5.91 Å². The summed E-state index contributed by atoms with van der Waals surface area (Å²) in [5, 5.41) is 11.4. The number of hydrogen-bond donors (Lipinski definition) is 1. The SMILES string of the molecule is CCCC(C#N)NC(=O)c1cccc(OC(F)F)c1. The van der Waals surface area contributed by atoms with E-state index in [-0.39, 0.29) is 11.3 Å². The van der Waals surface area contributed by atoms with Crippen molar-refractivity contribution in [1.29, 1.82) is 5.26 Å². The van der Waals surface area contributed by atoms with Crippen LogP contribution in [0.5, 0.6) is 5.75 Å². The molecule has 0 aromatic heterocycles. The largest absolute Gasteiger partial charge is 0.435 e. The minimum atomic E-state index is -2.94. The molecule has 0 fully saturated rings. The van der Waals surface area contributed by atoms with Crippen LogP contribution in [0, 0.1) is 11.3 Å².